The van der Waals surface area contributed by atoms with Crippen LogP contribution in [0.5, 0.6) is 0 Å². The summed E-state index contributed by atoms with van der Waals surface area (Å²) in [5.41, 5.74) is 1.80. The normalized spacial score (nSPS) is 12.4. The van der Waals surface area contributed by atoms with Gasteiger partial charge in [0.25, 0.3) is 0 Å². The summed E-state index contributed by atoms with van der Waals surface area (Å²) in [7, 11) is 0. The Morgan fingerprint density at radius 1 is 1.14 bits per heavy atom. The van der Waals surface area contributed by atoms with Gasteiger partial charge in [-0.15, -0.1) is 0 Å². The first-order chi connectivity index (χ1) is 10.1. The molecule has 2 aromatic carbocycles. The first-order valence-electron chi connectivity index (χ1n) is 7.01. The molecule has 112 valence electrons. The van der Waals surface area contributed by atoms with E-state index < -0.39 is 0 Å². The average molecular weight is 371 g/mol. The van der Waals surface area contributed by atoms with E-state index in [1.165, 1.54) is 6.07 Å². The Kier molecular flexibility index (Phi) is 6.22. The van der Waals surface area contributed by atoms with E-state index in [1.807, 2.05) is 36.4 Å². The lowest BCUT2D eigenvalue weighted by atomic mass is 9.98. The van der Waals surface area contributed by atoms with Crippen molar-refractivity contribution in [2.45, 2.75) is 25.8 Å². The van der Waals surface area contributed by atoms with Crippen LogP contribution in [0.4, 0.5) is 4.39 Å². The molecule has 0 fully saturated rings. The summed E-state index contributed by atoms with van der Waals surface area (Å²) in [5.74, 6) is -0.175. The minimum Gasteiger partial charge on any atom is -0.314 e. The molecule has 1 nitrogen and oxygen atoms in total. The molecule has 2 aromatic rings. The summed E-state index contributed by atoms with van der Waals surface area (Å²) in [4.78, 5) is 0. The summed E-state index contributed by atoms with van der Waals surface area (Å²) in [6.07, 6.45) is 1.42. The highest BCUT2D eigenvalue weighted by Gasteiger charge is 2.14. The highest BCUT2D eigenvalue weighted by atomic mass is 79.9. The van der Waals surface area contributed by atoms with Crippen molar-refractivity contribution in [3.63, 3.8) is 0 Å². The van der Waals surface area contributed by atoms with Crippen LogP contribution in [0.2, 0.25) is 5.02 Å². The monoisotopic (exact) mass is 369 g/mol. The van der Waals surface area contributed by atoms with Crippen LogP contribution in [-0.2, 0) is 12.8 Å². The van der Waals surface area contributed by atoms with E-state index in [0.29, 0.717) is 6.42 Å². The predicted octanol–water partition coefficient (Wildman–Crippen LogP) is 5.00. The molecule has 0 saturated heterocycles. The van der Waals surface area contributed by atoms with Gasteiger partial charge < -0.3 is 5.32 Å². The van der Waals surface area contributed by atoms with Crippen LogP contribution >= 0.6 is 27.5 Å². The molecule has 0 bridgehead atoms. The van der Waals surface area contributed by atoms with Gasteiger partial charge in [-0.3, -0.25) is 0 Å². The van der Waals surface area contributed by atoms with Crippen molar-refractivity contribution >= 4 is 27.5 Å². The highest BCUT2D eigenvalue weighted by molar-refractivity contribution is 9.10. The molecule has 0 aliphatic rings. The molecule has 21 heavy (non-hydrogen) atoms. The van der Waals surface area contributed by atoms with Crippen LogP contribution < -0.4 is 5.32 Å². The van der Waals surface area contributed by atoms with Gasteiger partial charge in [0.15, 0.2) is 0 Å². The zero-order valence-corrected chi connectivity index (χ0v) is 14.2. The summed E-state index contributed by atoms with van der Waals surface area (Å²) < 4.78 is 14.7. The minimum atomic E-state index is -0.175. The van der Waals surface area contributed by atoms with Crippen molar-refractivity contribution in [1.82, 2.24) is 5.32 Å². The van der Waals surface area contributed by atoms with Crippen molar-refractivity contribution < 1.29 is 4.39 Å². The summed E-state index contributed by atoms with van der Waals surface area (Å²) in [6.45, 7) is 2.89. The molecule has 4 heteroatoms. The lowest BCUT2D eigenvalue weighted by molar-refractivity contribution is 0.505. The topological polar surface area (TPSA) is 12.0 Å². The van der Waals surface area contributed by atoms with Gasteiger partial charge in [0.05, 0.1) is 0 Å². The number of hydrogen-bond acceptors (Lipinski definition) is 1. The smallest absolute Gasteiger partial charge is 0.127 e. The van der Waals surface area contributed by atoms with Gasteiger partial charge in [-0.25, -0.2) is 4.39 Å². The van der Waals surface area contributed by atoms with E-state index >= 15 is 0 Å². The number of halogens is 3. The van der Waals surface area contributed by atoms with E-state index in [0.717, 1.165) is 33.6 Å². The van der Waals surface area contributed by atoms with Crippen LogP contribution in [0, 0.1) is 5.82 Å². The van der Waals surface area contributed by atoms with E-state index in [9.17, 15) is 4.39 Å². The van der Waals surface area contributed by atoms with Gasteiger partial charge >= 0.3 is 0 Å². The van der Waals surface area contributed by atoms with E-state index in [4.69, 9.17) is 11.6 Å². The van der Waals surface area contributed by atoms with Crippen LogP contribution in [0.3, 0.4) is 0 Å². The molecule has 0 aromatic heterocycles. The third-order valence-corrected chi connectivity index (χ3v) is 4.26. The lowest BCUT2D eigenvalue weighted by Gasteiger charge is -2.19. The van der Waals surface area contributed by atoms with E-state index in [1.54, 1.807) is 0 Å². The Morgan fingerprint density at radius 2 is 1.86 bits per heavy atom. The van der Waals surface area contributed by atoms with Gasteiger partial charge in [0.2, 0.25) is 0 Å². The summed E-state index contributed by atoms with van der Waals surface area (Å²) >= 11 is 9.50. The fourth-order valence-corrected chi connectivity index (χ4v) is 2.93. The summed E-state index contributed by atoms with van der Waals surface area (Å²) in [5, 5.41) is 4.17. The number of likely N-dealkylation sites (N-methyl/N-ethyl adjacent to an activating group) is 1. The minimum absolute atomic E-state index is 0.158. The van der Waals surface area contributed by atoms with Crippen molar-refractivity contribution in [2.75, 3.05) is 6.54 Å². The Morgan fingerprint density at radius 3 is 2.52 bits per heavy atom. The number of nitrogens with one attached hydrogen (secondary N) is 1. The lowest BCUT2D eigenvalue weighted by Crippen LogP contribution is -2.33. The highest BCUT2D eigenvalue weighted by Crippen LogP contribution is 2.20. The van der Waals surface area contributed by atoms with Crippen molar-refractivity contribution in [1.29, 1.82) is 0 Å². The van der Waals surface area contributed by atoms with Crippen LogP contribution in [0.1, 0.15) is 18.1 Å². The number of hydrogen-bond donors (Lipinski definition) is 1. The van der Waals surface area contributed by atoms with Crippen LogP contribution in [0.15, 0.2) is 46.9 Å². The standard InChI is InChI=1S/C17H18BrClFN/c1-2-21-15(9-12-5-3-4-6-16(12)19)10-13-7-8-14(18)11-17(13)20/h3-8,11,15,21H,2,9-10H2,1H3. The fraction of sp³-hybridized carbons (Fsp3) is 0.294. The third kappa shape index (κ3) is 4.80. The fourth-order valence-electron chi connectivity index (χ4n) is 2.39. The molecular formula is C17H18BrClFN. The van der Waals surface area contributed by atoms with Gasteiger partial charge in [0.1, 0.15) is 5.82 Å². The SMILES string of the molecule is CCNC(Cc1ccc(Br)cc1F)Cc1ccccc1Cl. The predicted molar refractivity (Wildman–Crippen MR) is 90.4 cm³/mol. The quantitative estimate of drug-likeness (QED) is 0.754. The second-order valence-corrected chi connectivity index (χ2v) is 6.31. The molecule has 1 atom stereocenters. The molecule has 1 N–H and O–H groups in total. The second kappa shape index (κ2) is 7.92. The first-order valence-corrected chi connectivity index (χ1v) is 8.18. The first kappa shape index (κ1) is 16.5. The maximum absolute atomic E-state index is 14.0. The van der Waals surface area contributed by atoms with Gasteiger partial charge in [-0.05, 0) is 48.7 Å². The van der Waals surface area contributed by atoms with E-state index in [-0.39, 0.29) is 11.9 Å². The molecule has 2 rings (SSSR count). The Labute approximate surface area is 138 Å². The Balaban J connectivity index is 2.14. The summed E-state index contributed by atoms with van der Waals surface area (Å²) in [6, 6.07) is 13.2. The van der Waals surface area contributed by atoms with Crippen molar-refractivity contribution in [3.8, 4) is 0 Å². The molecule has 0 aliphatic carbocycles. The van der Waals surface area contributed by atoms with Crippen molar-refractivity contribution in [3.05, 3.63) is 68.9 Å². The molecule has 0 spiro atoms. The molecule has 0 saturated carbocycles. The maximum atomic E-state index is 14.0. The molecule has 0 radical (unpaired) electrons. The zero-order chi connectivity index (χ0) is 15.2. The second-order valence-electron chi connectivity index (χ2n) is 4.99. The zero-order valence-electron chi connectivity index (χ0n) is 11.9. The van der Waals surface area contributed by atoms with Gasteiger partial charge in [-0.1, -0.05) is 58.7 Å². The molecule has 0 amide bonds. The number of rotatable bonds is 6. The molecule has 0 aliphatic heterocycles. The molecular weight excluding hydrogens is 353 g/mol. The Bertz CT molecular complexity index is 603. The Hall–Kier alpha value is -0.900. The van der Waals surface area contributed by atoms with E-state index in [2.05, 4.69) is 28.2 Å². The molecule has 1 unspecified atom stereocenters. The maximum Gasteiger partial charge on any atom is 0.127 e. The largest absolute Gasteiger partial charge is 0.314 e. The third-order valence-electron chi connectivity index (χ3n) is 3.40. The van der Waals surface area contributed by atoms with Crippen LogP contribution in [-0.4, -0.2) is 12.6 Å². The van der Waals surface area contributed by atoms with Gasteiger partial charge in [-0.2, -0.15) is 0 Å². The molecule has 0 heterocycles. The average Bonchev–Trinajstić information content (AvgIpc) is 2.44. The van der Waals surface area contributed by atoms with Crippen LogP contribution in [0.25, 0.3) is 0 Å². The van der Waals surface area contributed by atoms with Crippen molar-refractivity contribution in [2.24, 2.45) is 0 Å². The van der Waals surface area contributed by atoms with Gasteiger partial charge in [0, 0.05) is 15.5 Å². The number of benzene rings is 2.